The largest absolute Gasteiger partial charge is 0.326 e. The third-order valence-corrected chi connectivity index (χ3v) is 6.42. The molecule has 0 aliphatic rings. The molecule has 1 unspecified atom stereocenters. The quantitative estimate of drug-likeness (QED) is 0.795. The highest BCUT2D eigenvalue weighted by molar-refractivity contribution is 7.98. The maximum Gasteiger partial charge on any atom is 0.243 e. The lowest BCUT2D eigenvalue weighted by molar-refractivity contribution is 0.385. The molecule has 0 bridgehead atoms. The van der Waals surface area contributed by atoms with Crippen molar-refractivity contribution in [3.05, 3.63) is 29.3 Å². The van der Waals surface area contributed by atoms with Gasteiger partial charge in [-0.2, -0.15) is 16.1 Å². The van der Waals surface area contributed by atoms with E-state index in [-0.39, 0.29) is 6.04 Å². The number of hydrogen-bond acceptors (Lipinski definition) is 4. The Hall–Kier alpha value is -0.560. The summed E-state index contributed by atoms with van der Waals surface area (Å²) in [6.07, 6.45) is 3.64. The monoisotopic (exact) mass is 330 g/mol. The molecular weight excluding hydrogens is 304 g/mol. The van der Waals surface area contributed by atoms with Gasteiger partial charge in [0, 0.05) is 25.4 Å². The van der Waals surface area contributed by atoms with E-state index in [1.54, 1.807) is 30.9 Å². The van der Waals surface area contributed by atoms with Gasteiger partial charge in [-0.05, 0) is 42.4 Å². The van der Waals surface area contributed by atoms with Crippen LogP contribution in [0.2, 0.25) is 0 Å². The van der Waals surface area contributed by atoms with Crippen molar-refractivity contribution >= 4 is 21.8 Å². The molecule has 0 spiro atoms. The van der Waals surface area contributed by atoms with Gasteiger partial charge >= 0.3 is 0 Å². The van der Waals surface area contributed by atoms with Crippen molar-refractivity contribution in [3.63, 3.8) is 0 Å². The van der Waals surface area contributed by atoms with Crippen LogP contribution in [0.25, 0.3) is 0 Å². The normalized spacial score (nSPS) is 13.6. The van der Waals surface area contributed by atoms with E-state index in [1.807, 2.05) is 26.2 Å². The van der Waals surface area contributed by atoms with E-state index in [2.05, 4.69) is 0 Å². The molecule has 0 aromatic heterocycles. The molecule has 0 radical (unpaired) electrons. The van der Waals surface area contributed by atoms with E-state index in [0.717, 1.165) is 29.7 Å². The predicted molar refractivity (Wildman–Crippen MR) is 91.1 cm³/mol. The molecule has 1 aromatic rings. The number of nitrogens with zero attached hydrogens (tertiary/aromatic N) is 1. The molecule has 21 heavy (non-hydrogen) atoms. The Balaban J connectivity index is 3.18. The van der Waals surface area contributed by atoms with Crippen molar-refractivity contribution in [2.75, 3.05) is 19.1 Å². The third-order valence-electron chi connectivity index (χ3n) is 3.80. The number of sulfonamides is 1. The Labute approximate surface area is 133 Å². The highest BCUT2D eigenvalue weighted by Gasteiger charge is 2.27. The first-order valence-electron chi connectivity index (χ1n) is 7.21. The topological polar surface area (TPSA) is 63.4 Å². The fourth-order valence-electron chi connectivity index (χ4n) is 2.33. The van der Waals surface area contributed by atoms with Crippen molar-refractivity contribution in [2.24, 2.45) is 5.73 Å². The average Bonchev–Trinajstić information content (AvgIpc) is 2.50. The highest BCUT2D eigenvalue weighted by Crippen LogP contribution is 2.22. The minimum Gasteiger partial charge on any atom is -0.326 e. The van der Waals surface area contributed by atoms with Crippen molar-refractivity contribution < 1.29 is 8.42 Å². The molecule has 2 N–H and O–H groups in total. The fourth-order valence-corrected chi connectivity index (χ4v) is 4.75. The van der Waals surface area contributed by atoms with Crippen LogP contribution in [0.1, 0.15) is 31.4 Å². The summed E-state index contributed by atoms with van der Waals surface area (Å²) in [4.78, 5) is 0.335. The summed E-state index contributed by atoms with van der Waals surface area (Å²) in [5.74, 6) is 0.795. The van der Waals surface area contributed by atoms with Gasteiger partial charge in [0.15, 0.2) is 0 Å². The summed E-state index contributed by atoms with van der Waals surface area (Å²) in [5, 5.41) is 0. The molecule has 0 heterocycles. The molecule has 0 saturated carbocycles. The van der Waals surface area contributed by atoms with Gasteiger partial charge in [0.1, 0.15) is 0 Å². The standard InChI is InChI=1S/C15H26N2O2S2/c1-5-12-7-8-15(9-13(12)10-16)21(18,19)17(3)14(6-2)11-20-4/h7-9,14H,5-6,10-11,16H2,1-4H3. The van der Waals surface area contributed by atoms with Gasteiger partial charge in [0.2, 0.25) is 10.0 Å². The number of hydrogen-bond donors (Lipinski definition) is 1. The number of nitrogens with two attached hydrogens (primary N) is 1. The zero-order valence-electron chi connectivity index (χ0n) is 13.3. The summed E-state index contributed by atoms with van der Waals surface area (Å²) < 4.78 is 27.0. The van der Waals surface area contributed by atoms with Gasteiger partial charge in [0.05, 0.1) is 4.90 Å². The van der Waals surface area contributed by atoms with Crippen molar-refractivity contribution in [1.82, 2.24) is 4.31 Å². The van der Waals surface area contributed by atoms with E-state index in [9.17, 15) is 8.42 Å². The molecule has 0 aliphatic heterocycles. The second-order valence-electron chi connectivity index (χ2n) is 5.03. The van der Waals surface area contributed by atoms with E-state index >= 15 is 0 Å². The Kier molecular flexibility index (Phi) is 7.20. The Morgan fingerprint density at radius 2 is 1.95 bits per heavy atom. The molecule has 0 fully saturated rings. The highest BCUT2D eigenvalue weighted by atomic mass is 32.2. The predicted octanol–water partition coefficient (Wildman–Crippen LogP) is 2.47. The molecule has 1 atom stereocenters. The molecule has 0 amide bonds. The second-order valence-corrected chi connectivity index (χ2v) is 7.94. The number of thioether (sulfide) groups is 1. The van der Waals surface area contributed by atoms with Crippen LogP contribution in [0.4, 0.5) is 0 Å². The van der Waals surface area contributed by atoms with Crippen LogP contribution in [0, 0.1) is 0 Å². The van der Waals surface area contributed by atoms with Crippen molar-refractivity contribution in [1.29, 1.82) is 0 Å². The SMILES string of the molecule is CCc1ccc(S(=O)(=O)N(C)C(CC)CSC)cc1CN. The van der Waals surface area contributed by atoms with Crippen LogP contribution in [-0.2, 0) is 23.0 Å². The Morgan fingerprint density at radius 1 is 1.29 bits per heavy atom. The average molecular weight is 331 g/mol. The molecule has 6 heteroatoms. The van der Waals surface area contributed by atoms with Crippen molar-refractivity contribution in [2.45, 2.75) is 44.2 Å². The van der Waals surface area contributed by atoms with Crippen LogP contribution in [0.5, 0.6) is 0 Å². The van der Waals surface area contributed by atoms with E-state index < -0.39 is 10.0 Å². The van der Waals surface area contributed by atoms with E-state index in [1.165, 1.54) is 4.31 Å². The Morgan fingerprint density at radius 3 is 2.43 bits per heavy atom. The lowest BCUT2D eigenvalue weighted by atomic mass is 10.1. The molecule has 1 rings (SSSR count). The van der Waals surface area contributed by atoms with Crippen LogP contribution < -0.4 is 5.73 Å². The first kappa shape index (κ1) is 18.5. The van der Waals surface area contributed by atoms with Crippen LogP contribution >= 0.6 is 11.8 Å². The van der Waals surface area contributed by atoms with Gasteiger partial charge in [-0.1, -0.05) is 19.9 Å². The third kappa shape index (κ3) is 4.22. The minimum atomic E-state index is -3.47. The number of aryl methyl sites for hydroxylation is 1. The molecule has 1 aromatic carbocycles. The lowest BCUT2D eigenvalue weighted by Gasteiger charge is -2.26. The van der Waals surface area contributed by atoms with E-state index in [0.29, 0.717) is 11.4 Å². The molecule has 0 saturated heterocycles. The second kappa shape index (κ2) is 8.17. The Bertz CT molecular complexity index is 559. The zero-order chi connectivity index (χ0) is 16.0. The number of rotatable bonds is 8. The lowest BCUT2D eigenvalue weighted by Crippen LogP contribution is -2.38. The number of benzene rings is 1. The first-order chi connectivity index (χ1) is 9.92. The van der Waals surface area contributed by atoms with Gasteiger partial charge in [0.25, 0.3) is 0 Å². The first-order valence-corrected chi connectivity index (χ1v) is 10.0. The molecule has 0 aliphatic carbocycles. The summed E-state index contributed by atoms with van der Waals surface area (Å²) in [6, 6.07) is 5.29. The van der Waals surface area contributed by atoms with Crippen LogP contribution in [0.3, 0.4) is 0 Å². The van der Waals surface area contributed by atoms with Crippen LogP contribution in [0.15, 0.2) is 23.1 Å². The van der Waals surface area contributed by atoms with Crippen molar-refractivity contribution in [3.8, 4) is 0 Å². The van der Waals surface area contributed by atoms with Gasteiger partial charge in [-0.25, -0.2) is 8.42 Å². The smallest absolute Gasteiger partial charge is 0.243 e. The zero-order valence-corrected chi connectivity index (χ0v) is 14.9. The van der Waals surface area contributed by atoms with Gasteiger partial charge in [-0.15, -0.1) is 0 Å². The maximum absolute atomic E-state index is 12.8. The van der Waals surface area contributed by atoms with Crippen LogP contribution in [-0.4, -0.2) is 37.8 Å². The van der Waals surface area contributed by atoms with Gasteiger partial charge < -0.3 is 5.73 Å². The maximum atomic E-state index is 12.8. The summed E-state index contributed by atoms with van der Waals surface area (Å²) in [7, 11) is -1.80. The molecule has 120 valence electrons. The minimum absolute atomic E-state index is 0.0113. The fraction of sp³-hybridized carbons (Fsp3) is 0.600. The summed E-state index contributed by atoms with van der Waals surface area (Å²) in [6.45, 7) is 4.41. The molecular formula is C15H26N2O2S2. The molecule has 4 nitrogen and oxygen atoms in total. The van der Waals surface area contributed by atoms with E-state index in [4.69, 9.17) is 5.73 Å². The summed E-state index contributed by atoms with van der Waals surface area (Å²) in [5.41, 5.74) is 7.75. The van der Waals surface area contributed by atoms with Gasteiger partial charge in [-0.3, -0.25) is 0 Å². The summed E-state index contributed by atoms with van der Waals surface area (Å²) >= 11 is 1.66.